The van der Waals surface area contributed by atoms with Gasteiger partial charge in [0.2, 0.25) is 0 Å². The van der Waals surface area contributed by atoms with E-state index in [1.54, 1.807) is 19.9 Å². The monoisotopic (exact) mass is 518 g/mol. The lowest BCUT2D eigenvalue weighted by Gasteiger charge is -2.44. The Balaban J connectivity index is 1.06. The molecule has 8 nitrogen and oxygen atoms in total. The Morgan fingerprint density at radius 3 is 2.43 bits per heavy atom. The maximum absolute atomic E-state index is 13.1. The van der Waals surface area contributed by atoms with Crippen LogP contribution in [0.2, 0.25) is 0 Å². The third-order valence-electron chi connectivity index (χ3n) is 7.70. The van der Waals surface area contributed by atoms with E-state index in [4.69, 9.17) is 14.5 Å². The molecule has 3 fully saturated rings. The van der Waals surface area contributed by atoms with Gasteiger partial charge in [-0.1, -0.05) is 6.42 Å². The van der Waals surface area contributed by atoms with Gasteiger partial charge in [0.15, 0.2) is 0 Å². The summed E-state index contributed by atoms with van der Waals surface area (Å²) in [4.78, 5) is 8.53. The molecule has 6 rings (SSSR count). The van der Waals surface area contributed by atoms with Crippen molar-refractivity contribution in [2.75, 3.05) is 45.9 Å². The van der Waals surface area contributed by atoms with Gasteiger partial charge in [0, 0.05) is 55.4 Å². The third-order valence-corrected chi connectivity index (χ3v) is 10.8. The van der Waals surface area contributed by atoms with Crippen molar-refractivity contribution in [1.29, 1.82) is 0 Å². The van der Waals surface area contributed by atoms with Gasteiger partial charge in [-0.25, -0.2) is 4.98 Å². The highest BCUT2D eigenvalue weighted by Crippen LogP contribution is 2.35. The molecule has 0 unspecified atom stereocenters. The van der Waals surface area contributed by atoms with Crippen molar-refractivity contribution >= 4 is 21.5 Å². The fraction of sp³-hybridized carbons (Fsp3) is 0.640. The van der Waals surface area contributed by atoms with Crippen LogP contribution in [0.25, 0.3) is 10.6 Å². The number of hydrogen-bond donors (Lipinski definition) is 0. The number of morpholine rings is 1. The Kier molecular flexibility index (Phi) is 6.85. The maximum Gasteiger partial charge on any atom is 0.282 e. The summed E-state index contributed by atoms with van der Waals surface area (Å²) in [7, 11) is -3.46. The van der Waals surface area contributed by atoms with Crippen LogP contribution >= 0.6 is 11.3 Å². The van der Waals surface area contributed by atoms with Crippen LogP contribution in [0.4, 0.5) is 0 Å². The number of rotatable bonds is 6. The van der Waals surface area contributed by atoms with E-state index in [-0.39, 0.29) is 0 Å². The van der Waals surface area contributed by atoms with Crippen molar-refractivity contribution in [3.63, 3.8) is 0 Å². The van der Waals surface area contributed by atoms with Crippen molar-refractivity contribution in [1.82, 2.24) is 18.5 Å². The van der Waals surface area contributed by atoms with E-state index in [1.807, 2.05) is 12.1 Å². The molecular weight excluding hydrogens is 484 g/mol. The maximum atomic E-state index is 13.1. The number of piperidine rings is 1. The molecule has 1 aliphatic carbocycles. The standard InChI is InChI=1S/C25H34N4O4S2/c30-35(31,28-12-14-32-15-13-28)29-11-8-23-24(18-29)34-25(26-23)19-4-6-21(7-5-19)33-22-16-20(17-22)27-9-2-1-3-10-27/h4-7,20,22H,1-3,8-18H2. The average Bonchev–Trinajstić information content (AvgIpc) is 3.31. The lowest BCUT2D eigenvalue weighted by molar-refractivity contribution is 0.00893. The minimum Gasteiger partial charge on any atom is -0.490 e. The van der Waals surface area contributed by atoms with Gasteiger partial charge in [-0.2, -0.15) is 17.0 Å². The van der Waals surface area contributed by atoms with Gasteiger partial charge in [-0.3, -0.25) is 0 Å². The predicted molar refractivity (Wildman–Crippen MR) is 136 cm³/mol. The SMILES string of the molecule is O=S(=O)(N1CCOCC1)N1CCc2nc(-c3ccc(OC4CC(N5CCCCC5)C4)cc3)sc2C1. The number of nitrogens with zero attached hydrogens (tertiary/aromatic N) is 4. The molecule has 0 spiro atoms. The minimum absolute atomic E-state index is 0.319. The molecule has 0 bridgehead atoms. The molecule has 0 atom stereocenters. The third kappa shape index (κ3) is 5.01. The molecule has 3 aliphatic heterocycles. The Hall–Kier alpha value is -1.56. The van der Waals surface area contributed by atoms with Crippen LogP contribution in [0, 0.1) is 0 Å². The lowest BCUT2D eigenvalue weighted by atomic mass is 9.86. The number of aromatic nitrogens is 1. The molecule has 0 N–H and O–H groups in total. The van der Waals surface area contributed by atoms with Gasteiger partial charge in [-0.05, 0) is 50.2 Å². The van der Waals surface area contributed by atoms with Crippen LogP contribution in [0.3, 0.4) is 0 Å². The average molecular weight is 519 g/mol. The number of hydrogen-bond acceptors (Lipinski definition) is 7. The number of thiazole rings is 1. The lowest BCUT2D eigenvalue weighted by Crippen LogP contribution is -2.50. The second-order valence-corrected chi connectivity index (χ2v) is 13.0. The van der Waals surface area contributed by atoms with Gasteiger partial charge in [-0.15, -0.1) is 11.3 Å². The minimum atomic E-state index is -3.46. The molecule has 1 aromatic carbocycles. The molecule has 0 amide bonds. The summed E-state index contributed by atoms with van der Waals surface area (Å²) in [5, 5.41) is 0.945. The first kappa shape index (κ1) is 23.8. The van der Waals surface area contributed by atoms with Crippen LogP contribution in [-0.2, 0) is 27.9 Å². The van der Waals surface area contributed by atoms with Crippen molar-refractivity contribution < 1.29 is 17.9 Å². The first-order valence-electron chi connectivity index (χ1n) is 12.9. The fourth-order valence-corrected chi connectivity index (χ4v) is 8.28. The zero-order valence-corrected chi connectivity index (χ0v) is 21.7. The first-order valence-corrected chi connectivity index (χ1v) is 15.1. The van der Waals surface area contributed by atoms with Crippen molar-refractivity contribution in [3.8, 4) is 16.3 Å². The number of fused-ring (bicyclic) bond motifs is 1. The largest absolute Gasteiger partial charge is 0.490 e. The predicted octanol–water partition coefficient (Wildman–Crippen LogP) is 3.14. The quantitative estimate of drug-likeness (QED) is 0.585. The van der Waals surface area contributed by atoms with Crippen molar-refractivity contribution in [2.45, 2.75) is 57.2 Å². The summed E-state index contributed by atoms with van der Waals surface area (Å²) < 4.78 is 40.8. The van der Waals surface area contributed by atoms with E-state index in [0.717, 1.165) is 39.7 Å². The van der Waals surface area contributed by atoms with E-state index in [2.05, 4.69) is 17.0 Å². The molecule has 2 aromatic rings. The van der Waals surface area contributed by atoms with Gasteiger partial charge in [0.1, 0.15) is 16.9 Å². The summed E-state index contributed by atoms with van der Waals surface area (Å²) in [5.74, 6) is 0.917. The van der Waals surface area contributed by atoms with E-state index in [0.29, 0.717) is 58.0 Å². The Morgan fingerprint density at radius 1 is 0.943 bits per heavy atom. The molecule has 35 heavy (non-hydrogen) atoms. The molecule has 190 valence electrons. The molecule has 4 heterocycles. The van der Waals surface area contributed by atoms with Crippen molar-refractivity contribution in [2.24, 2.45) is 0 Å². The molecule has 10 heteroatoms. The number of benzene rings is 1. The van der Waals surface area contributed by atoms with E-state index in [9.17, 15) is 8.42 Å². The van der Waals surface area contributed by atoms with E-state index in [1.165, 1.54) is 32.4 Å². The van der Waals surface area contributed by atoms with Gasteiger partial charge in [0.05, 0.1) is 25.5 Å². The van der Waals surface area contributed by atoms with Crippen molar-refractivity contribution in [3.05, 3.63) is 34.8 Å². The number of ether oxygens (including phenoxy) is 2. The molecule has 1 saturated carbocycles. The van der Waals surface area contributed by atoms with E-state index >= 15 is 0 Å². The molecule has 2 saturated heterocycles. The summed E-state index contributed by atoms with van der Waals surface area (Å²) >= 11 is 1.60. The number of likely N-dealkylation sites (tertiary alicyclic amines) is 1. The van der Waals surface area contributed by atoms with Gasteiger partial charge < -0.3 is 14.4 Å². The van der Waals surface area contributed by atoms with Crippen LogP contribution in [-0.4, -0.2) is 85.0 Å². The van der Waals surface area contributed by atoms with Gasteiger partial charge >= 0.3 is 0 Å². The molecular formula is C25H34N4O4S2. The fourth-order valence-electron chi connectivity index (χ4n) is 5.52. The topological polar surface area (TPSA) is 75.2 Å². The Labute approximate surface area is 212 Å². The molecule has 0 radical (unpaired) electrons. The summed E-state index contributed by atoms with van der Waals surface area (Å²) in [6.45, 7) is 5.14. The van der Waals surface area contributed by atoms with E-state index < -0.39 is 10.2 Å². The normalized spacial score (nSPS) is 26.7. The smallest absolute Gasteiger partial charge is 0.282 e. The van der Waals surface area contributed by atoms with Crippen LogP contribution < -0.4 is 4.74 Å². The zero-order chi connectivity index (χ0) is 23.8. The highest BCUT2D eigenvalue weighted by molar-refractivity contribution is 7.86. The Bertz CT molecular complexity index is 1120. The summed E-state index contributed by atoms with van der Waals surface area (Å²) in [6, 6.07) is 8.93. The highest BCUT2D eigenvalue weighted by atomic mass is 32.2. The Morgan fingerprint density at radius 2 is 1.69 bits per heavy atom. The molecule has 1 aromatic heterocycles. The van der Waals surface area contributed by atoms with Crippen LogP contribution in [0.5, 0.6) is 5.75 Å². The van der Waals surface area contributed by atoms with Crippen LogP contribution in [0.1, 0.15) is 42.7 Å². The second-order valence-electron chi connectivity index (χ2n) is 9.98. The first-order chi connectivity index (χ1) is 17.1. The molecule has 4 aliphatic rings. The second kappa shape index (κ2) is 10.1. The highest BCUT2D eigenvalue weighted by Gasteiger charge is 2.36. The van der Waals surface area contributed by atoms with Crippen LogP contribution in [0.15, 0.2) is 24.3 Å². The summed E-state index contributed by atoms with van der Waals surface area (Å²) in [5.41, 5.74) is 2.08. The summed E-state index contributed by atoms with van der Waals surface area (Å²) in [6.07, 6.45) is 7.28. The van der Waals surface area contributed by atoms with Gasteiger partial charge in [0.25, 0.3) is 10.2 Å². The zero-order valence-electron chi connectivity index (χ0n) is 20.1.